The van der Waals surface area contributed by atoms with Crippen molar-refractivity contribution < 1.29 is 23.0 Å². The molecule has 0 heterocycles. The van der Waals surface area contributed by atoms with Crippen molar-refractivity contribution in [1.82, 2.24) is 0 Å². The predicted molar refractivity (Wildman–Crippen MR) is 69.1 cm³/mol. The number of halogens is 3. The molecular weight excluding hydrogens is 283 g/mol. The second kappa shape index (κ2) is 5.37. The first-order valence-corrected chi connectivity index (χ1v) is 5.90. The fourth-order valence-corrected chi connectivity index (χ4v) is 1.76. The molecule has 0 bridgehead atoms. The molecule has 0 spiro atoms. The fourth-order valence-electron chi connectivity index (χ4n) is 1.76. The van der Waals surface area contributed by atoms with Gasteiger partial charge in [0, 0.05) is 0 Å². The lowest BCUT2D eigenvalue weighted by Crippen LogP contribution is -2.07. The van der Waals surface area contributed by atoms with Gasteiger partial charge in [0.25, 0.3) is 0 Å². The Hall–Kier alpha value is -2.68. The van der Waals surface area contributed by atoms with E-state index in [9.17, 15) is 18.3 Å². The maximum absolute atomic E-state index is 12.8. The van der Waals surface area contributed by atoms with Crippen LogP contribution in [0.4, 0.5) is 13.2 Å². The van der Waals surface area contributed by atoms with Crippen LogP contribution in [0.3, 0.4) is 0 Å². The van der Waals surface area contributed by atoms with E-state index in [0.717, 1.165) is 17.7 Å². The number of nitrogens with zero attached hydrogens (tertiary/aromatic N) is 1. The zero-order valence-electron chi connectivity index (χ0n) is 10.9. The summed E-state index contributed by atoms with van der Waals surface area (Å²) < 4.78 is 43.7. The summed E-state index contributed by atoms with van der Waals surface area (Å²) in [6.45, 7) is 1.76. The maximum atomic E-state index is 12.8. The number of aryl methyl sites for hydroxylation is 1. The third kappa shape index (κ3) is 3.26. The monoisotopic (exact) mass is 293 g/mol. The van der Waals surface area contributed by atoms with Gasteiger partial charge < -0.3 is 9.84 Å². The summed E-state index contributed by atoms with van der Waals surface area (Å²) in [5.74, 6) is -0.244. The Morgan fingerprint density at radius 2 is 1.86 bits per heavy atom. The summed E-state index contributed by atoms with van der Waals surface area (Å²) in [6, 6.07) is 9.04. The van der Waals surface area contributed by atoms with Gasteiger partial charge in [-0.1, -0.05) is 6.07 Å². The van der Waals surface area contributed by atoms with Crippen LogP contribution in [0.5, 0.6) is 17.2 Å². The summed E-state index contributed by atoms with van der Waals surface area (Å²) in [7, 11) is 0. The van der Waals surface area contributed by atoms with Crippen molar-refractivity contribution >= 4 is 0 Å². The van der Waals surface area contributed by atoms with Crippen LogP contribution < -0.4 is 4.74 Å². The minimum atomic E-state index is -4.65. The van der Waals surface area contributed by atoms with Crippen LogP contribution in [0.1, 0.15) is 16.7 Å². The Labute approximate surface area is 118 Å². The number of phenols is 1. The van der Waals surface area contributed by atoms with Gasteiger partial charge in [0.05, 0.1) is 17.2 Å². The van der Waals surface area contributed by atoms with Crippen molar-refractivity contribution in [3.05, 3.63) is 53.1 Å². The molecule has 0 aromatic heterocycles. The van der Waals surface area contributed by atoms with Crippen LogP contribution in [-0.4, -0.2) is 5.11 Å². The molecule has 3 nitrogen and oxygen atoms in total. The molecule has 0 aliphatic heterocycles. The topological polar surface area (TPSA) is 53.2 Å². The Morgan fingerprint density at radius 1 is 1.14 bits per heavy atom. The Balaban J connectivity index is 2.40. The highest BCUT2D eigenvalue weighted by Gasteiger charge is 2.34. The van der Waals surface area contributed by atoms with Gasteiger partial charge in [-0.15, -0.1) is 0 Å². The molecule has 0 saturated carbocycles. The van der Waals surface area contributed by atoms with Crippen LogP contribution >= 0.6 is 0 Å². The molecule has 0 radical (unpaired) electrons. The molecule has 0 atom stereocenters. The van der Waals surface area contributed by atoms with E-state index < -0.39 is 17.3 Å². The minimum absolute atomic E-state index is 0.0402. The molecule has 1 N–H and O–H groups in total. The summed E-state index contributed by atoms with van der Waals surface area (Å²) >= 11 is 0. The molecule has 2 rings (SSSR count). The minimum Gasteiger partial charge on any atom is -0.504 e. The summed E-state index contributed by atoms with van der Waals surface area (Å²) in [4.78, 5) is 0. The number of hydrogen-bond donors (Lipinski definition) is 1. The van der Waals surface area contributed by atoms with E-state index in [2.05, 4.69) is 0 Å². The zero-order chi connectivity index (χ0) is 15.6. The number of benzene rings is 2. The van der Waals surface area contributed by atoms with Gasteiger partial charge >= 0.3 is 6.18 Å². The molecular formula is C15H10F3NO2. The normalized spacial score (nSPS) is 11.0. The molecule has 0 aliphatic rings. The van der Waals surface area contributed by atoms with E-state index in [1.54, 1.807) is 13.0 Å². The van der Waals surface area contributed by atoms with Gasteiger partial charge in [0.2, 0.25) is 0 Å². The first kappa shape index (κ1) is 14.7. The molecule has 0 saturated heterocycles. The van der Waals surface area contributed by atoms with Gasteiger partial charge in [0.15, 0.2) is 11.5 Å². The third-order valence-corrected chi connectivity index (χ3v) is 2.76. The number of nitriles is 1. The standard InChI is InChI=1S/C15H10F3NO2/c1-9-2-5-14(13(20)6-9)21-11-4-3-10(8-19)12(7-11)15(16,17)18/h2-7,20H,1H3. The first-order chi connectivity index (χ1) is 9.81. The van der Waals surface area contributed by atoms with Crippen molar-refractivity contribution in [3.63, 3.8) is 0 Å². The molecule has 108 valence electrons. The number of ether oxygens (including phenoxy) is 1. The smallest absolute Gasteiger partial charge is 0.417 e. The quantitative estimate of drug-likeness (QED) is 0.893. The molecule has 0 unspecified atom stereocenters. The Bertz CT molecular complexity index is 718. The molecule has 6 heteroatoms. The van der Waals surface area contributed by atoms with Gasteiger partial charge in [-0.05, 0) is 42.8 Å². The van der Waals surface area contributed by atoms with E-state index in [0.29, 0.717) is 0 Å². The van der Waals surface area contributed by atoms with Crippen molar-refractivity contribution in [2.45, 2.75) is 13.1 Å². The number of rotatable bonds is 2. The van der Waals surface area contributed by atoms with Crippen LogP contribution in [0.25, 0.3) is 0 Å². The van der Waals surface area contributed by atoms with Crippen LogP contribution in [-0.2, 0) is 6.18 Å². The SMILES string of the molecule is Cc1ccc(Oc2ccc(C#N)c(C(F)(F)F)c2)c(O)c1. The molecule has 0 amide bonds. The van der Waals surface area contributed by atoms with E-state index >= 15 is 0 Å². The van der Waals surface area contributed by atoms with Crippen molar-refractivity contribution in [2.75, 3.05) is 0 Å². The van der Waals surface area contributed by atoms with Crippen molar-refractivity contribution in [1.29, 1.82) is 5.26 Å². The second-order valence-corrected chi connectivity index (χ2v) is 4.39. The number of hydrogen-bond acceptors (Lipinski definition) is 3. The van der Waals surface area contributed by atoms with Gasteiger partial charge in [-0.3, -0.25) is 0 Å². The highest BCUT2D eigenvalue weighted by molar-refractivity contribution is 5.48. The molecule has 0 aliphatic carbocycles. The highest BCUT2D eigenvalue weighted by atomic mass is 19.4. The van der Waals surface area contributed by atoms with E-state index in [4.69, 9.17) is 10.00 Å². The highest BCUT2D eigenvalue weighted by Crippen LogP contribution is 2.37. The fraction of sp³-hybridized carbons (Fsp3) is 0.133. The number of alkyl halides is 3. The molecule has 2 aromatic carbocycles. The summed E-state index contributed by atoms with van der Waals surface area (Å²) in [5.41, 5.74) is -0.771. The van der Waals surface area contributed by atoms with Gasteiger partial charge in [-0.25, -0.2) is 0 Å². The predicted octanol–water partition coefficient (Wildman–Crippen LogP) is 4.38. The van der Waals surface area contributed by atoms with Crippen LogP contribution in [0.15, 0.2) is 36.4 Å². The Kier molecular flexibility index (Phi) is 3.76. The first-order valence-electron chi connectivity index (χ1n) is 5.90. The summed E-state index contributed by atoms with van der Waals surface area (Å²) in [5, 5.41) is 18.4. The van der Waals surface area contributed by atoms with E-state index in [1.807, 2.05) is 0 Å². The lowest BCUT2D eigenvalue weighted by Gasteiger charge is -2.12. The van der Waals surface area contributed by atoms with E-state index in [1.165, 1.54) is 24.3 Å². The maximum Gasteiger partial charge on any atom is 0.417 e. The van der Waals surface area contributed by atoms with E-state index in [-0.39, 0.29) is 17.2 Å². The molecule has 2 aromatic rings. The molecule has 21 heavy (non-hydrogen) atoms. The van der Waals surface area contributed by atoms with Gasteiger partial charge in [0.1, 0.15) is 5.75 Å². The average Bonchev–Trinajstić information content (AvgIpc) is 2.41. The second-order valence-electron chi connectivity index (χ2n) is 4.39. The lowest BCUT2D eigenvalue weighted by molar-refractivity contribution is -0.137. The lowest BCUT2D eigenvalue weighted by atomic mass is 10.1. The average molecular weight is 293 g/mol. The van der Waals surface area contributed by atoms with Crippen LogP contribution in [0.2, 0.25) is 0 Å². The largest absolute Gasteiger partial charge is 0.504 e. The van der Waals surface area contributed by atoms with Gasteiger partial charge in [-0.2, -0.15) is 18.4 Å². The third-order valence-electron chi connectivity index (χ3n) is 2.76. The van der Waals surface area contributed by atoms with Crippen molar-refractivity contribution in [3.8, 4) is 23.3 Å². The van der Waals surface area contributed by atoms with Crippen molar-refractivity contribution in [2.24, 2.45) is 0 Å². The number of aromatic hydroxyl groups is 1. The molecule has 0 fully saturated rings. The zero-order valence-corrected chi connectivity index (χ0v) is 10.9. The Morgan fingerprint density at radius 3 is 2.43 bits per heavy atom. The van der Waals surface area contributed by atoms with Crippen LogP contribution in [0, 0.1) is 18.3 Å². The summed E-state index contributed by atoms with van der Waals surface area (Å²) in [6.07, 6.45) is -4.65. The number of phenolic OH excluding ortho intramolecular Hbond substituents is 1.